The number of nitrogens with zero attached hydrogens (tertiary/aromatic N) is 3. The van der Waals surface area contributed by atoms with Crippen molar-refractivity contribution >= 4 is 0 Å². The van der Waals surface area contributed by atoms with Crippen LogP contribution in [0.4, 0.5) is 0 Å². The molecule has 0 saturated carbocycles. The molecule has 1 atom stereocenters. The van der Waals surface area contributed by atoms with Gasteiger partial charge < -0.3 is 9.84 Å². The first-order valence-corrected chi connectivity index (χ1v) is 6.47. The van der Waals surface area contributed by atoms with Gasteiger partial charge in [-0.3, -0.25) is 9.67 Å². The summed E-state index contributed by atoms with van der Waals surface area (Å²) in [4.78, 5) is 4.47. The predicted molar refractivity (Wildman–Crippen MR) is 69.8 cm³/mol. The molecule has 100 valence electrons. The minimum absolute atomic E-state index is 0.0211. The summed E-state index contributed by atoms with van der Waals surface area (Å²) in [6.07, 6.45) is 2.60. The first kappa shape index (κ1) is 12.3. The van der Waals surface area contributed by atoms with Crippen LogP contribution in [0, 0.1) is 6.92 Å². The molecule has 2 aromatic heterocycles. The van der Waals surface area contributed by atoms with Crippen LogP contribution >= 0.6 is 0 Å². The van der Waals surface area contributed by atoms with Gasteiger partial charge in [0.1, 0.15) is 6.10 Å². The highest BCUT2D eigenvalue weighted by atomic mass is 16.5. The van der Waals surface area contributed by atoms with E-state index in [-0.39, 0.29) is 12.7 Å². The summed E-state index contributed by atoms with van der Waals surface area (Å²) in [5.41, 5.74) is 4.02. The van der Waals surface area contributed by atoms with E-state index in [1.807, 2.05) is 36.0 Å². The van der Waals surface area contributed by atoms with Gasteiger partial charge in [-0.05, 0) is 31.0 Å². The lowest BCUT2D eigenvalue weighted by Gasteiger charge is -2.19. The molecule has 3 heterocycles. The van der Waals surface area contributed by atoms with Crippen molar-refractivity contribution < 1.29 is 9.84 Å². The molecular weight excluding hydrogens is 242 g/mol. The molecule has 0 radical (unpaired) electrons. The number of pyridine rings is 1. The highest BCUT2D eigenvalue weighted by Crippen LogP contribution is 2.25. The number of hydrogen-bond donors (Lipinski definition) is 1. The molecule has 5 heteroatoms. The lowest BCUT2D eigenvalue weighted by atomic mass is 10.1. The summed E-state index contributed by atoms with van der Waals surface area (Å²) in [6.45, 7) is 3.25. The van der Waals surface area contributed by atoms with Crippen molar-refractivity contribution in [1.29, 1.82) is 0 Å². The molecule has 0 saturated heterocycles. The average molecular weight is 259 g/mol. The summed E-state index contributed by atoms with van der Waals surface area (Å²) < 4.78 is 7.37. The minimum Gasteiger partial charge on any atom is -0.393 e. The van der Waals surface area contributed by atoms with Gasteiger partial charge in [0, 0.05) is 11.9 Å². The maximum absolute atomic E-state index is 9.29. The third-order valence-corrected chi connectivity index (χ3v) is 3.30. The lowest BCUT2D eigenvalue weighted by Crippen LogP contribution is -2.18. The van der Waals surface area contributed by atoms with Crippen molar-refractivity contribution in [3.05, 3.63) is 47.0 Å². The second-order valence-electron chi connectivity index (χ2n) is 4.80. The van der Waals surface area contributed by atoms with Crippen molar-refractivity contribution in [1.82, 2.24) is 14.8 Å². The van der Waals surface area contributed by atoms with Gasteiger partial charge in [-0.25, -0.2) is 0 Å². The highest BCUT2D eigenvalue weighted by Gasteiger charge is 2.23. The Kier molecular flexibility index (Phi) is 3.31. The van der Waals surface area contributed by atoms with Crippen LogP contribution in [-0.4, -0.2) is 33.1 Å². The second-order valence-corrected chi connectivity index (χ2v) is 4.80. The van der Waals surface area contributed by atoms with E-state index in [4.69, 9.17) is 4.74 Å². The van der Waals surface area contributed by atoms with E-state index in [1.165, 1.54) is 0 Å². The zero-order chi connectivity index (χ0) is 13.2. The van der Waals surface area contributed by atoms with Crippen molar-refractivity contribution in [2.75, 3.05) is 13.2 Å². The monoisotopic (exact) mass is 259 g/mol. The molecule has 0 aromatic carbocycles. The summed E-state index contributed by atoms with van der Waals surface area (Å²) in [6, 6.07) is 5.97. The van der Waals surface area contributed by atoms with Crippen LogP contribution in [0.5, 0.6) is 0 Å². The fourth-order valence-corrected chi connectivity index (χ4v) is 2.41. The van der Waals surface area contributed by atoms with Crippen LogP contribution in [0.25, 0.3) is 0 Å². The topological polar surface area (TPSA) is 60.2 Å². The van der Waals surface area contributed by atoms with Crippen LogP contribution < -0.4 is 0 Å². The fourth-order valence-electron chi connectivity index (χ4n) is 2.41. The Morgan fingerprint density at radius 1 is 1.47 bits per heavy atom. The maximum atomic E-state index is 9.29. The van der Waals surface area contributed by atoms with E-state index in [0.717, 1.165) is 29.1 Å². The molecule has 5 nitrogen and oxygen atoms in total. The van der Waals surface area contributed by atoms with Gasteiger partial charge in [-0.2, -0.15) is 5.10 Å². The maximum Gasteiger partial charge on any atom is 0.124 e. The van der Waals surface area contributed by atoms with Crippen molar-refractivity contribution in [3.63, 3.8) is 0 Å². The smallest absolute Gasteiger partial charge is 0.124 e. The van der Waals surface area contributed by atoms with Crippen molar-refractivity contribution in [3.8, 4) is 0 Å². The van der Waals surface area contributed by atoms with Crippen LogP contribution in [0.3, 0.4) is 0 Å². The number of rotatable bonds is 3. The summed E-state index contributed by atoms with van der Waals surface area (Å²) in [5, 5.41) is 13.8. The van der Waals surface area contributed by atoms with Gasteiger partial charge in [0.05, 0.1) is 31.1 Å². The fraction of sp³-hybridized carbons (Fsp3) is 0.429. The third kappa shape index (κ3) is 2.52. The number of ether oxygens (including phenoxy) is 1. The zero-order valence-corrected chi connectivity index (χ0v) is 10.9. The third-order valence-electron chi connectivity index (χ3n) is 3.30. The molecule has 0 amide bonds. The van der Waals surface area contributed by atoms with Gasteiger partial charge >= 0.3 is 0 Å². The number of aromatic nitrogens is 3. The van der Waals surface area contributed by atoms with Crippen LogP contribution in [-0.2, 0) is 17.7 Å². The van der Waals surface area contributed by atoms with Crippen LogP contribution in [0.2, 0.25) is 0 Å². The van der Waals surface area contributed by atoms with Gasteiger partial charge in [0.2, 0.25) is 0 Å². The van der Waals surface area contributed by atoms with E-state index >= 15 is 0 Å². The number of hydrogen-bond acceptors (Lipinski definition) is 4. The van der Waals surface area contributed by atoms with Crippen LogP contribution in [0.15, 0.2) is 24.4 Å². The lowest BCUT2D eigenvalue weighted by molar-refractivity contribution is 0.000438. The summed E-state index contributed by atoms with van der Waals surface area (Å²) >= 11 is 0. The van der Waals surface area contributed by atoms with E-state index in [9.17, 15) is 5.11 Å². The molecule has 0 fully saturated rings. The second kappa shape index (κ2) is 5.11. The molecule has 2 aromatic rings. The largest absolute Gasteiger partial charge is 0.393 e. The molecule has 3 rings (SSSR count). The SMILES string of the molecule is Cc1cccc(Cn2cc3c(n2)[C@@H](CO)OCC3)n1. The van der Waals surface area contributed by atoms with E-state index in [1.54, 1.807) is 0 Å². The first-order valence-electron chi connectivity index (χ1n) is 6.47. The molecule has 1 aliphatic rings. The molecule has 1 aliphatic heterocycles. The number of aliphatic hydroxyl groups excluding tert-OH is 1. The van der Waals surface area contributed by atoms with Gasteiger partial charge in [-0.1, -0.05) is 6.07 Å². The Morgan fingerprint density at radius 3 is 3.16 bits per heavy atom. The number of aryl methyl sites for hydroxylation is 1. The zero-order valence-electron chi connectivity index (χ0n) is 10.9. The standard InChI is InChI=1S/C14H17N3O2/c1-10-3-2-4-12(15-10)8-17-7-11-5-6-19-13(9-18)14(11)16-17/h2-4,7,13,18H,5-6,8-9H2,1H3/t13-/m1/s1. The van der Waals surface area contributed by atoms with Gasteiger partial charge in [0.25, 0.3) is 0 Å². The van der Waals surface area contributed by atoms with Crippen LogP contribution in [0.1, 0.15) is 28.7 Å². The van der Waals surface area contributed by atoms with Gasteiger partial charge in [0.15, 0.2) is 0 Å². The van der Waals surface area contributed by atoms with E-state index < -0.39 is 0 Å². The Hall–Kier alpha value is -1.72. The van der Waals surface area contributed by atoms with E-state index in [2.05, 4.69) is 10.1 Å². The molecule has 0 unspecified atom stereocenters. The molecular formula is C14H17N3O2. The summed E-state index contributed by atoms with van der Waals surface area (Å²) in [7, 11) is 0. The molecule has 1 N–H and O–H groups in total. The van der Waals surface area contributed by atoms with E-state index in [0.29, 0.717) is 13.2 Å². The Labute approximate surface area is 111 Å². The van der Waals surface area contributed by atoms with Crippen molar-refractivity contribution in [2.24, 2.45) is 0 Å². The quantitative estimate of drug-likeness (QED) is 0.901. The summed E-state index contributed by atoms with van der Waals surface area (Å²) in [5.74, 6) is 0. The molecule has 19 heavy (non-hydrogen) atoms. The normalized spacial score (nSPS) is 18.3. The predicted octanol–water partition coefficient (Wildman–Crippen LogP) is 1.24. The molecule has 0 aliphatic carbocycles. The minimum atomic E-state index is -0.282. The Bertz CT molecular complexity index is 580. The van der Waals surface area contributed by atoms with Gasteiger partial charge in [-0.15, -0.1) is 0 Å². The Morgan fingerprint density at radius 2 is 2.37 bits per heavy atom. The Balaban J connectivity index is 1.85. The first-order chi connectivity index (χ1) is 9.26. The molecule has 0 bridgehead atoms. The highest BCUT2D eigenvalue weighted by molar-refractivity contribution is 5.22. The molecule has 0 spiro atoms. The number of aliphatic hydroxyl groups is 1. The van der Waals surface area contributed by atoms with Crippen molar-refractivity contribution in [2.45, 2.75) is 26.0 Å². The average Bonchev–Trinajstić information content (AvgIpc) is 2.80. The number of fused-ring (bicyclic) bond motifs is 1.